The molecule has 3 rings (SSSR count). The molecule has 1 aliphatic rings. The van der Waals surface area contributed by atoms with Gasteiger partial charge in [0.15, 0.2) is 0 Å². The summed E-state index contributed by atoms with van der Waals surface area (Å²) in [6.07, 6.45) is 0.168. The first kappa shape index (κ1) is 17.8. The van der Waals surface area contributed by atoms with Crippen molar-refractivity contribution < 1.29 is 9.59 Å². The Kier molecular flexibility index (Phi) is 5.35. The molecule has 0 spiro atoms. The molecular formula is C19H19ClN2O2S. The van der Waals surface area contributed by atoms with E-state index in [4.69, 9.17) is 11.6 Å². The molecule has 2 aromatic carbocycles. The topological polar surface area (TPSA) is 49.4 Å². The molecule has 2 aromatic rings. The molecule has 2 amide bonds. The zero-order valence-corrected chi connectivity index (χ0v) is 15.7. The van der Waals surface area contributed by atoms with E-state index >= 15 is 0 Å². The third kappa shape index (κ3) is 4.17. The highest BCUT2D eigenvalue weighted by molar-refractivity contribution is 8.01. The van der Waals surface area contributed by atoms with Crippen LogP contribution in [0.1, 0.15) is 17.5 Å². The number of carbonyl (C=O) groups excluding carboxylic acids is 2. The van der Waals surface area contributed by atoms with Crippen molar-refractivity contribution in [3.05, 3.63) is 58.6 Å². The molecular weight excluding hydrogens is 356 g/mol. The second-order valence-corrected chi connectivity index (χ2v) is 7.80. The zero-order valence-electron chi connectivity index (χ0n) is 14.1. The van der Waals surface area contributed by atoms with Crippen molar-refractivity contribution in [1.82, 2.24) is 4.90 Å². The summed E-state index contributed by atoms with van der Waals surface area (Å²) in [6.45, 7) is 2.57. The third-order valence-electron chi connectivity index (χ3n) is 4.22. The summed E-state index contributed by atoms with van der Waals surface area (Å²) in [4.78, 5) is 27.5. The van der Waals surface area contributed by atoms with E-state index < -0.39 is 5.25 Å². The highest BCUT2D eigenvalue weighted by atomic mass is 35.5. The first-order valence-electron chi connectivity index (χ1n) is 7.99. The number of halogens is 1. The Balaban J connectivity index is 1.65. The highest BCUT2D eigenvalue weighted by Crippen LogP contribution is 2.38. The van der Waals surface area contributed by atoms with Crippen LogP contribution in [0.15, 0.2) is 47.4 Å². The van der Waals surface area contributed by atoms with Crippen LogP contribution in [0.2, 0.25) is 5.02 Å². The van der Waals surface area contributed by atoms with E-state index in [0.29, 0.717) is 17.3 Å². The standard InChI is InChI=1S/C19H19ClN2O2S/c1-12-5-3-4-6-13(12)11-22(2)18(23)10-17-19(24)21-15-9-14(20)7-8-16(15)25-17/h3-9,17H,10-11H2,1-2H3,(H,21,24). The maximum Gasteiger partial charge on any atom is 0.238 e. The van der Waals surface area contributed by atoms with Crippen molar-refractivity contribution >= 4 is 40.9 Å². The number of fused-ring (bicyclic) bond motifs is 1. The molecule has 0 aliphatic carbocycles. The molecule has 0 saturated carbocycles. The Morgan fingerprint density at radius 2 is 2.04 bits per heavy atom. The second-order valence-electron chi connectivity index (χ2n) is 6.12. The summed E-state index contributed by atoms with van der Waals surface area (Å²) in [7, 11) is 1.77. The molecule has 0 aromatic heterocycles. The van der Waals surface area contributed by atoms with Crippen LogP contribution in [0.4, 0.5) is 5.69 Å². The van der Waals surface area contributed by atoms with E-state index in [9.17, 15) is 9.59 Å². The van der Waals surface area contributed by atoms with E-state index in [-0.39, 0.29) is 18.2 Å². The minimum absolute atomic E-state index is 0.0479. The lowest BCUT2D eigenvalue weighted by atomic mass is 10.1. The van der Waals surface area contributed by atoms with Gasteiger partial charge in [0.05, 0.1) is 10.9 Å². The van der Waals surface area contributed by atoms with E-state index in [2.05, 4.69) is 5.32 Å². The number of hydrogen-bond acceptors (Lipinski definition) is 3. The minimum Gasteiger partial charge on any atom is -0.341 e. The van der Waals surface area contributed by atoms with Gasteiger partial charge in [-0.15, -0.1) is 11.8 Å². The first-order chi connectivity index (χ1) is 11.9. The largest absolute Gasteiger partial charge is 0.341 e. The molecule has 1 aliphatic heterocycles. The summed E-state index contributed by atoms with van der Waals surface area (Å²) >= 11 is 7.37. The maximum atomic E-state index is 12.6. The second kappa shape index (κ2) is 7.50. The van der Waals surface area contributed by atoms with Crippen LogP contribution in [-0.4, -0.2) is 29.0 Å². The number of amides is 2. The van der Waals surface area contributed by atoms with Crippen LogP contribution in [0.5, 0.6) is 0 Å². The molecule has 0 saturated heterocycles. The van der Waals surface area contributed by atoms with E-state index in [0.717, 1.165) is 16.0 Å². The molecule has 25 heavy (non-hydrogen) atoms. The molecule has 0 bridgehead atoms. The van der Waals surface area contributed by atoms with Gasteiger partial charge in [0.25, 0.3) is 0 Å². The van der Waals surface area contributed by atoms with Gasteiger partial charge in [0, 0.05) is 29.9 Å². The fourth-order valence-electron chi connectivity index (χ4n) is 2.70. The summed E-state index contributed by atoms with van der Waals surface area (Å²) in [5, 5.41) is 2.98. The van der Waals surface area contributed by atoms with Crippen LogP contribution in [0.25, 0.3) is 0 Å². The minimum atomic E-state index is -0.430. The van der Waals surface area contributed by atoms with Crippen LogP contribution >= 0.6 is 23.4 Å². The van der Waals surface area contributed by atoms with E-state index in [1.807, 2.05) is 37.3 Å². The van der Waals surface area contributed by atoms with Gasteiger partial charge in [-0.3, -0.25) is 9.59 Å². The fraction of sp³-hybridized carbons (Fsp3) is 0.263. The van der Waals surface area contributed by atoms with Crippen LogP contribution in [-0.2, 0) is 16.1 Å². The van der Waals surface area contributed by atoms with E-state index in [1.54, 1.807) is 24.1 Å². The molecule has 1 heterocycles. The van der Waals surface area contributed by atoms with Gasteiger partial charge in [-0.2, -0.15) is 0 Å². The Hall–Kier alpha value is -1.98. The lowest BCUT2D eigenvalue weighted by molar-refractivity contribution is -0.131. The van der Waals surface area contributed by atoms with Crippen LogP contribution < -0.4 is 5.32 Å². The van der Waals surface area contributed by atoms with Crippen molar-refractivity contribution in [3.63, 3.8) is 0 Å². The lowest BCUT2D eigenvalue weighted by Gasteiger charge is -2.26. The quantitative estimate of drug-likeness (QED) is 0.876. The van der Waals surface area contributed by atoms with Crippen molar-refractivity contribution in [3.8, 4) is 0 Å². The zero-order chi connectivity index (χ0) is 18.0. The van der Waals surface area contributed by atoms with Gasteiger partial charge < -0.3 is 10.2 Å². The number of rotatable bonds is 4. The number of nitrogens with zero attached hydrogens (tertiary/aromatic N) is 1. The average Bonchev–Trinajstić information content (AvgIpc) is 2.57. The Bertz CT molecular complexity index is 825. The summed E-state index contributed by atoms with van der Waals surface area (Å²) in [5.74, 6) is -0.203. The van der Waals surface area contributed by atoms with Crippen LogP contribution in [0, 0.1) is 6.92 Å². The normalized spacial score (nSPS) is 16.1. The summed E-state index contributed by atoms with van der Waals surface area (Å²) in [6, 6.07) is 13.4. The van der Waals surface area contributed by atoms with Crippen molar-refractivity contribution in [1.29, 1.82) is 0 Å². The lowest BCUT2D eigenvalue weighted by Crippen LogP contribution is -2.35. The molecule has 6 heteroatoms. The van der Waals surface area contributed by atoms with E-state index in [1.165, 1.54) is 11.8 Å². The van der Waals surface area contributed by atoms with Crippen molar-refractivity contribution in [2.45, 2.75) is 30.0 Å². The SMILES string of the molecule is Cc1ccccc1CN(C)C(=O)CC1Sc2ccc(Cl)cc2NC1=O. The molecule has 4 nitrogen and oxygen atoms in total. The molecule has 0 radical (unpaired) electrons. The monoisotopic (exact) mass is 374 g/mol. The van der Waals surface area contributed by atoms with Gasteiger partial charge in [0.2, 0.25) is 11.8 Å². The molecule has 1 N–H and O–H groups in total. The van der Waals surface area contributed by atoms with Gasteiger partial charge >= 0.3 is 0 Å². The Morgan fingerprint density at radius 3 is 2.80 bits per heavy atom. The number of anilines is 1. The van der Waals surface area contributed by atoms with Crippen molar-refractivity contribution in [2.75, 3.05) is 12.4 Å². The predicted octanol–water partition coefficient (Wildman–Crippen LogP) is 4.11. The third-order valence-corrected chi connectivity index (χ3v) is 5.73. The number of carbonyl (C=O) groups is 2. The summed E-state index contributed by atoms with van der Waals surface area (Å²) in [5.41, 5.74) is 2.97. The molecule has 0 fully saturated rings. The average molecular weight is 375 g/mol. The number of benzene rings is 2. The highest BCUT2D eigenvalue weighted by Gasteiger charge is 2.30. The van der Waals surface area contributed by atoms with Gasteiger partial charge in [-0.05, 0) is 36.2 Å². The number of hydrogen-bond donors (Lipinski definition) is 1. The first-order valence-corrected chi connectivity index (χ1v) is 9.25. The maximum absolute atomic E-state index is 12.6. The number of aryl methyl sites for hydroxylation is 1. The molecule has 130 valence electrons. The smallest absolute Gasteiger partial charge is 0.238 e. The fourth-order valence-corrected chi connectivity index (χ4v) is 3.96. The Labute approximate surface area is 156 Å². The van der Waals surface area contributed by atoms with Crippen LogP contribution in [0.3, 0.4) is 0 Å². The Morgan fingerprint density at radius 1 is 1.28 bits per heavy atom. The summed E-state index contributed by atoms with van der Waals surface area (Å²) < 4.78 is 0. The number of nitrogens with one attached hydrogen (secondary N) is 1. The molecule has 1 unspecified atom stereocenters. The van der Waals surface area contributed by atoms with Crippen molar-refractivity contribution in [2.24, 2.45) is 0 Å². The van der Waals surface area contributed by atoms with Gasteiger partial charge in [-0.1, -0.05) is 35.9 Å². The van der Waals surface area contributed by atoms with Gasteiger partial charge in [0.1, 0.15) is 0 Å². The number of thioether (sulfide) groups is 1. The van der Waals surface area contributed by atoms with Gasteiger partial charge in [-0.25, -0.2) is 0 Å². The molecule has 1 atom stereocenters. The predicted molar refractivity (Wildman–Crippen MR) is 102 cm³/mol.